The van der Waals surface area contributed by atoms with Crippen LogP contribution in [0.4, 0.5) is 11.4 Å². The van der Waals surface area contributed by atoms with Crippen LogP contribution in [-0.4, -0.2) is 15.8 Å². The summed E-state index contributed by atoms with van der Waals surface area (Å²) in [6, 6.07) is 20.8. The highest BCUT2D eigenvalue weighted by Crippen LogP contribution is 2.32. The predicted molar refractivity (Wildman–Crippen MR) is 121 cm³/mol. The van der Waals surface area contributed by atoms with Gasteiger partial charge in [0.25, 0.3) is 0 Å². The monoisotopic (exact) mass is 395 g/mol. The van der Waals surface area contributed by atoms with Gasteiger partial charge in [-0.15, -0.1) is 0 Å². The van der Waals surface area contributed by atoms with Crippen molar-refractivity contribution in [2.24, 2.45) is 5.92 Å². The molecule has 0 bridgehead atoms. The summed E-state index contributed by atoms with van der Waals surface area (Å²) in [5.41, 5.74) is 6.42. The van der Waals surface area contributed by atoms with Gasteiger partial charge in [-0.3, -0.25) is 9.78 Å². The number of aromatic amines is 1. The third-order valence-corrected chi connectivity index (χ3v) is 5.79. The van der Waals surface area contributed by atoms with Gasteiger partial charge in [-0.2, -0.15) is 0 Å². The number of nitrogens with zero attached hydrogens (tertiary/aromatic N) is 1. The molecule has 2 heterocycles. The number of carbonyl (C=O) groups excluding carboxylic acids is 1. The molecule has 4 heteroatoms. The second-order valence-electron chi connectivity index (χ2n) is 8.10. The number of para-hydroxylation sites is 1. The first kappa shape index (κ1) is 18.6. The molecule has 5 rings (SSSR count). The summed E-state index contributed by atoms with van der Waals surface area (Å²) in [5, 5.41) is 4.72. The lowest BCUT2D eigenvalue weighted by Crippen LogP contribution is -2.04. The minimum atomic E-state index is 0.171. The van der Waals surface area contributed by atoms with Crippen molar-refractivity contribution < 1.29 is 4.79 Å². The fourth-order valence-corrected chi connectivity index (χ4v) is 3.94. The van der Waals surface area contributed by atoms with Crippen LogP contribution in [0.3, 0.4) is 0 Å². The van der Waals surface area contributed by atoms with Crippen molar-refractivity contribution in [2.45, 2.75) is 32.1 Å². The quantitative estimate of drug-likeness (QED) is 0.356. The first-order chi connectivity index (χ1) is 14.8. The summed E-state index contributed by atoms with van der Waals surface area (Å²) in [6.07, 6.45) is 9.07. The van der Waals surface area contributed by atoms with Crippen LogP contribution in [0.25, 0.3) is 10.9 Å². The Morgan fingerprint density at radius 3 is 2.67 bits per heavy atom. The van der Waals surface area contributed by atoms with Crippen LogP contribution in [0.5, 0.6) is 0 Å². The fraction of sp³-hybridized carbons (Fsp3) is 0.231. The first-order valence-electron chi connectivity index (χ1n) is 10.7. The molecule has 0 unspecified atom stereocenters. The number of hydrogen-bond donors (Lipinski definition) is 2. The maximum atomic E-state index is 12.2. The zero-order valence-electron chi connectivity index (χ0n) is 16.9. The number of pyridine rings is 1. The highest BCUT2D eigenvalue weighted by Gasteiger charge is 2.31. The van der Waals surface area contributed by atoms with Crippen LogP contribution in [-0.2, 0) is 12.8 Å². The standard InChI is InChI=1S/C26H25N3O/c30-26(19-10-11-19)25-16-22(14-15-27-25)29-21-12-8-18(9-13-21)4-3-5-20-17-28-24-7-2-1-6-23(20)24/h1-2,6-9,12-17,19,28H,3-5,10-11H2,(H,27,29). The lowest BCUT2D eigenvalue weighted by atomic mass is 10.0. The van der Waals surface area contributed by atoms with Gasteiger partial charge in [0.2, 0.25) is 0 Å². The third-order valence-electron chi connectivity index (χ3n) is 5.79. The van der Waals surface area contributed by atoms with Gasteiger partial charge in [0.05, 0.1) is 0 Å². The van der Waals surface area contributed by atoms with Crippen molar-refractivity contribution in [3.63, 3.8) is 0 Å². The van der Waals surface area contributed by atoms with E-state index in [1.165, 1.54) is 22.0 Å². The Balaban J connectivity index is 1.18. The van der Waals surface area contributed by atoms with E-state index in [-0.39, 0.29) is 11.7 Å². The Morgan fingerprint density at radius 1 is 1.00 bits per heavy atom. The summed E-state index contributed by atoms with van der Waals surface area (Å²) in [6.45, 7) is 0. The number of rotatable bonds is 8. The molecule has 1 fully saturated rings. The van der Waals surface area contributed by atoms with Crippen molar-refractivity contribution in [3.05, 3.63) is 89.9 Å². The number of Topliss-reactive ketones (excluding diaryl/α,β-unsaturated/α-hetero) is 1. The number of aromatic nitrogens is 2. The molecule has 0 atom stereocenters. The van der Waals surface area contributed by atoms with E-state index in [0.717, 1.165) is 43.5 Å². The normalized spacial score (nSPS) is 13.5. The maximum Gasteiger partial charge on any atom is 0.184 e. The minimum Gasteiger partial charge on any atom is -0.361 e. The summed E-state index contributed by atoms with van der Waals surface area (Å²) in [5.74, 6) is 0.362. The number of fused-ring (bicyclic) bond motifs is 1. The summed E-state index contributed by atoms with van der Waals surface area (Å²) < 4.78 is 0. The summed E-state index contributed by atoms with van der Waals surface area (Å²) in [4.78, 5) is 19.8. The largest absolute Gasteiger partial charge is 0.361 e. The SMILES string of the molecule is O=C(c1cc(Nc2ccc(CCCc3c[nH]c4ccccc34)cc2)ccn1)C1CC1. The second kappa shape index (κ2) is 8.15. The number of ketones is 1. The van der Waals surface area contributed by atoms with E-state index in [4.69, 9.17) is 0 Å². The van der Waals surface area contributed by atoms with Crippen molar-refractivity contribution >= 4 is 28.1 Å². The van der Waals surface area contributed by atoms with Crippen LogP contribution in [0.15, 0.2) is 73.1 Å². The van der Waals surface area contributed by atoms with Gasteiger partial charge >= 0.3 is 0 Å². The van der Waals surface area contributed by atoms with Gasteiger partial charge in [-0.1, -0.05) is 30.3 Å². The van der Waals surface area contributed by atoms with Crippen molar-refractivity contribution in [2.75, 3.05) is 5.32 Å². The van der Waals surface area contributed by atoms with Crippen LogP contribution >= 0.6 is 0 Å². The number of hydrogen-bond acceptors (Lipinski definition) is 3. The van der Waals surface area contributed by atoms with E-state index >= 15 is 0 Å². The van der Waals surface area contributed by atoms with Crippen molar-refractivity contribution in [1.82, 2.24) is 9.97 Å². The highest BCUT2D eigenvalue weighted by atomic mass is 16.1. The summed E-state index contributed by atoms with van der Waals surface area (Å²) in [7, 11) is 0. The zero-order valence-corrected chi connectivity index (χ0v) is 16.9. The smallest absolute Gasteiger partial charge is 0.184 e. The number of benzene rings is 2. The third kappa shape index (κ3) is 4.13. The molecule has 4 nitrogen and oxygen atoms in total. The van der Waals surface area contributed by atoms with Gasteiger partial charge in [0.15, 0.2) is 5.78 Å². The zero-order chi connectivity index (χ0) is 20.3. The predicted octanol–water partition coefficient (Wildman–Crippen LogP) is 6.07. The molecule has 2 aromatic carbocycles. The Bertz CT molecular complexity index is 1170. The van der Waals surface area contributed by atoms with E-state index in [1.54, 1.807) is 6.20 Å². The van der Waals surface area contributed by atoms with E-state index in [1.807, 2.05) is 12.1 Å². The van der Waals surface area contributed by atoms with Gasteiger partial charge in [0.1, 0.15) is 5.69 Å². The molecule has 0 amide bonds. The summed E-state index contributed by atoms with van der Waals surface area (Å²) >= 11 is 0. The molecule has 30 heavy (non-hydrogen) atoms. The average Bonchev–Trinajstić information content (AvgIpc) is 3.56. The van der Waals surface area contributed by atoms with Gasteiger partial charge in [-0.05, 0) is 73.6 Å². The Labute approximate surface area is 176 Å². The van der Waals surface area contributed by atoms with Crippen LogP contribution < -0.4 is 5.32 Å². The van der Waals surface area contributed by atoms with Crippen LogP contribution in [0.2, 0.25) is 0 Å². The molecule has 150 valence electrons. The van der Waals surface area contributed by atoms with E-state index in [9.17, 15) is 4.79 Å². The molecule has 0 radical (unpaired) electrons. The molecule has 1 aliphatic rings. The molecular weight excluding hydrogens is 370 g/mol. The topological polar surface area (TPSA) is 57.8 Å². The molecule has 1 saturated carbocycles. The van der Waals surface area contributed by atoms with Crippen LogP contribution in [0, 0.1) is 5.92 Å². The maximum absolute atomic E-state index is 12.2. The molecule has 4 aromatic rings. The lowest BCUT2D eigenvalue weighted by molar-refractivity contribution is 0.0963. The van der Waals surface area contributed by atoms with Crippen LogP contribution in [0.1, 0.15) is 40.9 Å². The van der Waals surface area contributed by atoms with Crippen molar-refractivity contribution in [3.8, 4) is 0 Å². The average molecular weight is 396 g/mol. The number of nitrogens with one attached hydrogen (secondary N) is 2. The first-order valence-corrected chi connectivity index (χ1v) is 10.7. The Morgan fingerprint density at radius 2 is 1.83 bits per heavy atom. The van der Waals surface area contributed by atoms with E-state index in [0.29, 0.717) is 5.69 Å². The molecule has 1 aliphatic carbocycles. The molecule has 0 saturated heterocycles. The molecule has 2 N–H and O–H groups in total. The number of carbonyl (C=O) groups is 1. The van der Waals surface area contributed by atoms with Gasteiger partial charge in [-0.25, -0.2) is 0 Å². The molecule has 2 aromatic heterocycles. The number of H-pyrrole nitrogens is 1. The highest BCUT2D eigenvalue weighted by molar-refractivity contribution is 5.98. The number of aryl methyl sites for hydroxylation is 2. The van der Waals surface area contributed by atoms with E-state index < -0.39 is 0 Å². The second-order valence-corrected chi connectivity index (χ2v) is 8.10. The Kier molecular flexibility index (Phi) is 5.06. The van der Waals surface area contributed by atoms with Gasteiger partial charge < -0.3 is 10.3 Å². The van der Waals surface area contributed by atoms with E-state index in [2.05, 4.69) is 70.0 Å². The fourth-order valence-electron chi connectivity index (χ4n) is 3.94. The minimum absolute atomic E-state index is 0.171. The molecule has 0 aliphatic heterocycles. The van der Waals surface area contributed by atoms with Crippen molar-refractivity contribution in [1.29, 1.82) is 0 Å². The lowest BCUT2D eigenvalue weighted by Gasteiger charge is -2.09. The molecular formula is C26H25N3O. The number of anilines is 2. The Hall–Kier alpha value is -3.40. The van der Waals surface area contributed by atoms with Gasteiger partial charge in [0, 0.05) is 40.6 Å². The molecule has 0 spiro atoms.